The van der Waals surface area contributed by atoms with Crippen LogP contribution in [0.3, 0.4) is 0 Å². The van der Waals surface area contributed by atoms with Gasteiger partial charge in [0.25, 0.3) is 0 Å². The molecule has 6 aromatic carbocycles. The molecule has 432 valence electrons. The van der Waals surface area contributed by atoms with E-state index < -0.39 is 30.0 Å². The largest absolute Gasteiger partial charge is 0.466 e. The summed E-state index contributed by atoms with van der Waals surface area (Å²) in [5.74, 6) is -0.623. The topological polar surface area (TPSA) is 195 Å². The summed E-state index contributed by atoms with van der Waals surface area (Å²) >= 11 is 0. The third kappa shape index (κ3) is 15.5. The van der Waals surface area contributed by atoms with Crippen molar-refractivity contribution in [2.24, 2.45) is 0 Å². The van der Waals surface area contributed by atoms with E-state index >= 15 is 0 Å². The molecule has 0 saturated carbocycles. The number of carbonyl (C=O) groups is 5. The van der Waals surface area contributed by atoms with Gasteiger partial charge >= 0.3 is 24.1 Å². The summed E-state index contributed by atoms with van der Waals surface area (Å²) in [7, 11) is 2.66. The summed E-state index contributed by atoms with van der Waals surface area (Å²) in [5, 5.41) is 11.7. The second-order valence-electron chi connectivity index (χ2n) is 19.8. The number of methoxy groups -OCH3 is 2. The van der Waals surface area contributed by atoms with Crippen LogP contribution in [0.25, 0.3) is 45.4 Å². The van der Waals surface area contributed by atoms with Crippen molar-refractivity contribution in [3.8, 4) is 22.3 Å². The van der Waals surface area contributed by atoms with Crippen LogP contribution < -0.4 is 21.3 Å². The number of aromatic nitrogens is 2. The van der Waals surface area contributed by atoms with Crippen LogP contribution in [0.15, 0.2) is 146 Å². The molecule has 0 aliphatic heterocycles. The lowest BCUT2D eigenvalue weighted by Gasteiger charge is -2.20. The van der Waals surface area contributed by atoms with Crippen LogP contribution in [0, 0.1) is 0 Å². The number of nitrogens with one attached hydrogen (secondary N) is 4. The van der Waals surface area contributed by atoms with Crippen LogP contribution in [-0.4, -0.2) is 129 Å². The lowest BCUT2D eigenvalue weighted by molar-refractivity contribution is -0.135. The quantitative estimate of drug-likeness (QED) is 0.0254. The van der Waals surface area contributed by atoms with Gasteiger partial charge in [0.2, 0.25) is 5.91 Å². The number of imidazole rings is 1. The van der Waals surface area contributed by atoms with Crippen molar-refractivity contribution in [2.75, 3.05) is 90.4 Å². The van der Waals surface area contributed by atoms with E-state index in [0.29, 0.717) is 17.8 Å². The summed E-state index contributed by atoms with van der Waals surface area (Å²) in [6.45, 7) is 15.8. The number of anilines is 2. The Hall–Kier alpha value is -9.06. The zero-order valence-electron chi connectivity index (χ0n) is 48.1. The van der Waals surface area contributed by atoms with Gasteiger partial charge in [0, 0.05) is 50.2 Å². The molecule has 9 rings (SSSR count). The Morgan fingerprint density at radius 3 is 1.54 bits per heavy atom. The van der Waals surface area contributed by atoms with Gasteiger partial charge in [-0.05, 0) is 118 Å². The summed E-state index contributed by atoms with van der Waals surface area (Å²) < 4.78 is 22.8. The molecule has 3 amide bonds. The normalized spacial score (nSPS) is 12.3. The van der Waals surface area contributed by atoms with Crippen LogP contribution in [0.1, 0.15) is 78.7 Å². The van der Waals surface area contributed by atoms with E-state index in [9.17, 15) is 24.0 Å². The van der Waals surface area contributed by atoms with Crippen molar-refractivity contribution < 1.29 is 42.9 Å². The number of hydrogen-bond donors (Lipinski definition) is 4. The Bertz CT molecular complexity index is 3360. The van der Waals surface area contributed by atoms with Crippen molar-refractivity contribution >= 4 is 64.6 Å². The highest BCUT2D eigenvalue weighted by molar-refractivity contribution is 5.97. The number of fused-ring (bicyclic) bond motifs is 7. The smallest absolute Gasteiger partial charge is 0.407 e. The van der Waals surface area contributed by atoms with Crippen LogP contribution in [0.4, 0.5) is 21.0 Å². The van der Waals surface area contributed by atoms with Crippen molar-refractivity contribution in [1.29, 1.82) is 0 Å². The Kier molecular flexibility index (Phi) is 21.4. The maximum atomic E-state index is 12.9. The van der Waals surface area contributed by atoms with E-state index in [1.54, 1.807) is 18.2 Å². The number of hydrogen-bond acceptors (Lipinski definition) is 13. The molecule has 1 heterocycles. The second-order valence-corrected chi connectivity index (χ2v) is 19.8. The Morgan fingerprint density at radius 1 is 0.566 bits per heavy atom. The van der Waals surface area contributed by atoms with Gasteiger partial charge in [-0.15, -0.1) is 0 Å². The average Bonchev–Trinajstić information content (AvgIpc) is 3.74. The molecule has 0 spiro atoms. The van der Waals surface area contributed by atoms with Crippen molar-refractivity contribution in [1.82, 2.24) is 30.0 Å². The van der Waals surface area contributed by atoms with E-state index in [-0.39, 0.29) is 38.1 Å². The Balaban J connectivity index is 0.000000217. The lowest BCUT2D eigenvalue weighted by Crippen LogP contribution is -2.34. The standard InChI is InChI=1S/C33H38N4O5.C33H36N4O4/c1-4-37(5-2)19-18-34-29-16-14-23(15-17-32(39)41-3)20-30(29)36-31(38)21-35-33(40)42-22-28-26-12-8-6-10-24(26)25-11-7-9-13-27(25)28;1-4-36(5-2)18-19-37-30-16-14-23(15-17-32(38)40-3)20-29(30)35-31(37)21-34-33(39)41-22-28-26-12-8-6-10-24(26)25-11-7-9-13-27(25)28/h6-17,20,28,34H,4-5,18-19,21-22H2,1-3H3,(H,35,40)(H,36,38);6-17,20,28H,4-5,18-19,21-22H2,1-3H3,(H,34,39)/b2*17-15+. The minimum absolute atomic E-state index is 0.00302. The molecule has 0 unspecified atom stereocenters. The predicted molar refractivity (Wildman–Crippen MR) is 326 cm³/mol. The fourth-order valence-electron chi connectivity index (χ4n) is 10.5. The molecule has 17 heteroatoms. The maximum absolute atomic E-state index is 12.9. The SMILES string of the molecule is CCN(CC)CCNc1ccc(/C=C/C(=O)OC)cc1NC(=O)CNC(=O)OCC1c2ccccc2-c2ccccc21.CCN(CC)CCn1c(CNC(=O)OCC2c3ccccc3-c3ccccc32)nc2cc(/C=C/C(=O)OC)ccc21. The number of benzene rings is 6. The van der Waals surface area contributed by atoms with E-state index in [1.807, 2.05) is 78.9 Å². The first kappa shape index (κ1) is 60.0. The molecule has 1 aromatic heterocycles. The average molecular weight is 1120 g/mol. The number of amides is 3. The molecule has 0 atom stereocenters. The number of carbonyl (C=O) groups excluding carboxylic acids is 5. The molecule has 7 aromatic rings. The van der Waals surface area contributed by atoms with Gasteiger partial charge < -0.3 is 54.6 Å². The predicted octanol–water partition coefficient (Wildman–Crippen LogP) is 10.7. The van der Waals surface area contributed by atoms with Gasteiger partial charge in [-0.3, -0.25) is 4.79 Å². The highest BCUT2D eigenvalue weighted by atomic mass is 16.6. The first-order valence-corrected chi connectivity index (χ1v) is 28.3. The van der Waals surface area contributed by atoms with Crippen molar-refractivity contribution in [2.45, 2.75) is 52.6 Å². The minimum atomic E-state index is -0.667. The third-order valence-corrected chi connectivity index (χ3v) is 15.0. The number of nitrogens with zero attached hydrogens (tertiary/aromatic N) is 4. The molecule has 2 aliphatic carbocycles. The summed E-state index contributed by atoms with van der Waals surface area (Å²) in [4.78, 5) is 70.8. The third-order valence-electron chi connectivity index (χ3n) is 15.0. The monoisotopic (exact) mass is 1120 g/mol. The molecule has 83 heavy (non-hydrogen) atoms. The minimum Gasteiger partial charge on any atom is -0.466 e. The van der Waals surface area contributed by atoms with Gasteiger partial charge in [0.15, 0.2) is 0 Å². The molecule has 0 bridgehead atoms. The summed E-state index contributed by atoms with van der Waals surface area (Å²) in [5.41, 5.74) is 13.8. The highest BCUT2D eigenvalue weighted by Gasteiger charge is 2.31. The van der Waals surface area contributed by atoms with Gasteiger partial charge in [-0.25, -0.2) is 24.2 Å². The molecule has 0 radical (unpaired) electrons. The Morgan fingerprint density at radius 2 is 1.04 bits per heavy atom. The Labute approximate surface area is 485 Å². The zero-order valence-corrected chi connectivity index (χ0v) is 48.1. The number of rotatable bonds is 24. The number of likely N-dealkylation sites (N-methyl/N-ethyl adjacent to an activating group) is 2. The van der Waals surface area contributed by atoms with E-state index in [4.69, 9.17) is 19.2 Å². The van der Waals surface area contributed by atoms with Crippen LogP contribution in [-0.2, 0) is 46.4 Å². The fraction of sp³-hybridized carbons (Fsp3) is 0.303. The summed E-state index contributed by atoms with van der Waals surface area (Å²) in [6, 6.07) is 44.1. The maximum Gasteiger partial charge on any atom is 0.407 e. The number of esters is 2. The van der Waals surface area contributed by atoms with E-state index in [1.165, 1.54) is 48.6 Å². The van der Waals surface area contributed by atoms with Gasteiger partial charge in [-0.1, -0.05) is 137 Å². The van der Waals surface area contributed by atoms with Crippen molar-refractivity contribution in [3.63, 3.8) is 0 Å². The van der Waals surface area contributed by atoms with Gasteiger partial charge in [0.05, 0.1) is 43.2 Å². The molecule has 2 aliphatic rings. The first-order chi connectivity index (χ1) is 40.4. The van der Waals surface area contributed by atoms with Crippen LogP contribution >= 0.6 is 0 Å². The highest BCUT2D eigenvalue weighted by Crippen LogP contribution is 2.46. The van der Waals surface area contributed by atoms with E-state index in [0.717, 1.165) is 96.2 Å². The molecular formula is C66H74N8O9. The van der Waals surface area contributed by atoms with E-state index in [2.05, 4.69) is 117 Å². The fourth-order valence-corrected chi connectivity index (χ4v) is 10.5. The molecular weight excluding hydrogens is 1050 g/mol. The first-order valence-electron chi connectivity index (χ1n) is 28.3. The molecule has 0 fully saturated rings. The second kappa shape index (κ2) is 29.6. The lowest BCUT2D eigenvalue weighted by atomic mass is 9.98. The van der Waals surface area contributed by atoms with Gasteiger partial charge in [0.1, 0.15) is 25.6 Å². The number of ether oxygens (including phenoxy) is 4. The van der Waals surface area contributed by atoms with Crippen LogP contribution in [0.5, 0.6) is 0 Å². The molecule has 4 N–H and O–H groups in total. The van der Waals surface area contributed by atoms with Crippen molar-refractivity contribution in [3.05, 3.63) is 185 Å². The number of alkyl carbamates (subject to hydrolysis) is 2. The molecule has 0 saturated heterocycles. The zero-order chi connectivity index (χ0) is 58.7. The van der Waals surface area contributed by atoms with Gasteiger partial charge in [-0.2, -0.15) is 0 Å². The molecule has 17 nitrogen and oxygen atoms in total. The summed E-state index contributed by atoms with van der Waals surface area (Å²) in [6.07, 6.45) is 4.87. The van der Waals surface area contributed by atoms with Crippen LogP contribution in [0.2, 0.25) is 0 Å².